The summed E-state index contributed by atoms with van der Waals surface area (Å²) in [5.41, 5.74) is 1.14. The number of fused-ring (bicyclic) bond motifs is 1. The van der Waals surface area contributed by atoms with Crippen molar-refractivity contribution in [2.45, 2.75) is 0 Å². The number of hydrogen-bond acceptors (Lipinski definition) is 3. The van der Waals surface area contributed by atoms with Crippen molar-refractivity contribution < 1.29 is 14.6 Å². The average molecular weight is 242 g/mol. The van der Waals surface area contributed by atoms with Crippen LogP contribution in [0.3, 0.4) is 0 Å². The standard InChI is InChI=1S/C15H14O3/c1-18-15(17)13(10-16)9-12-7-4-6-11-5-2-3-8-14(11)12/h2-9,16H,10H2,1H3/b13-9+. The highest BCUT2D eigenvalue weighted by atomic mass is 16.5. The first-order valence-corrected chi connectivity index (χ1v) is 5.63. The van der Waals surface area contributed by atoms with Gasteiger partial charge in [0, 0.05) is 0 Å². The Morgan fingerprint density at radius 1 is 1.22 bits per heavy atom. The Kier molecular flexibility index (Phi) is 3.75. The number of benzene rings is 2. The molecule has 3 heteroatoms. The molecule has 0 aliphatic rings. The third kappa shape index (κ3) is 2.41. The summed E-state index contributed by atoms with van der Waals surface area (Å²) < 4.78 is 4.62. The summed E-state index contributed by atoms with van der Waals surface area (Å²) in [4.78, 5) is 11.4. The predicted molar refractivity (Wildman–Crippen MR) is 71.0 cm³/mol. The van der Waals surface area contributed by atoms with E-state index in [1.54, 1.807) is 6.08 Å². The number of ether oxygens (including phenoxy) is 1. The monoisotopic (exact) mass is 242 g/mol. The van der Waals surface area contributed by atoms with Gasteiger partial charge in [-0.15, -0.1) is 0 Å². The Labute approximate surface area is 105 Å². The van der Waals surface area contributed by atoms with Crippen molar-refractivity contribution >= 4 is 22.8 Å². The van der Waals surface area contributed by atoms with Crippen molar-refractivity contribution in [3.8, 4) is 0 Å². The van der Waals surface area contributed by atoms with E-state index in [4.69, 9.17) is 0 Å². The van der Waals surface area contributed by atoms with E-state index < -0.39 is 5.97 Å². The van der Waals surface area contributed by atoms with Gasteiger partial charge in [0.1, 0.15) is 0 Å². The molecular weight excluding hydrogens is 228 g/mol. The van der Waals surface area contributed by atoms with Crippen LogP contribution in [0.1, 0.15) is 5.56 Å². The predicted octanol–water partition coefficient (Wildman–Crippen LogP) is 2.39. The van der Waals surface area contributed by atoms with Gasteiger partial charge in [-0.05, 0) is 22.4 Å². The first-order valence-electron chi connectivity index (χ1n) is 5.63. The molecule has 3 nitrogen and oxygen atoms in total. The fourth-order valence-corrected chi connectivity index (χ4v) is 1.86. The number of carbonyl (C=O) groups excluding carboxylic acids is 1. The number of rotatable bonds is 3. The SMILES string of the molecule is COC(=O)/C(=C/c1cccc2ccccc12)CO. The van der Waals surface area contributed by atoms with E-state index in [1.807, 2.05) is 42.5 Å². The molecule has 92 valence electrons. The molecule has 0 saturated carbocycles. The van der Waals surface area contributed by atoms with E-state index in [9.17, 15) is 9.90 Å². The zero-order valence-electron chi connectivity index (χ0n) is 10.1. The molecule has 0 unspecified atom stereocenters. The molecule has 0 spiro atoms. The van der Waals surface area contributed by atoms with Crippen LogP contribution >= 0.6 is 0 Å². The highest BCUT2D eigenvalue weighted by molar-refractivity contribution is 5.98. The molecule has 0 aliphatic heterocycles. The number of aliphatic hydroxyl groups excluding tert-OH is 1. The summed E-state index contributed by atoms with van der Waals surface area (Å²) in [6.45, 7) is -0.337. The van der Waals surface area contributed by atoms with Crippen LogP contribution < -0.4 is 0 Å². The van der Waals surface area contributed by atoms with Crippen LogP contribution in [0.15, 0.2) is 48.0 Å². The molecule has 18 heavy (non-hydrogen) atoms. The normalized spacial score (nSPS) is 11.6. The van der Waals surface area contributed by atoms with E-state index in [1.165, 1.54) is 7.11 Å². The first kappa shape index (κ1) is 12.3. The Bertz CT molecular complexity index is 594. The lowest BCUT2D eigenvalue weighted by Crippen LogP contribution is -2.08. The summed E-state index contributed by atoms with van der Waals surface area (Å²) in [6, 6.07) is 13.7. The number of aliphatic hydroxyl groups is 1. The molecule has 0 aliphatic carbocycles. The van der Waals surface area contributed by atoms with Crippen LogP contribution in [0.5, 0.6) is 0 Å². The molecule has 0 heterocycles. The summed E-state index contributed by atoms with van der Waals surface area (Å²) in [5, 5.41) is 11.3. The van der Waals surface area contributed by atoms with Crippen molar-refractivity contribution in [1.82, 2.24) is 0 Å². The van der Waals surface area contributed by atoms with Gasteiger partial charge < -0.3 is 9.84 Å². The molecule has 2 aromatic carbocycles. The highest BCUT2D eigenvalue weighted by Gasteiger charge is 2.08. The largest absolute Gasteiger partial charge is 0.466 e. The molecule has 0 amide bonds. The minimum absolute atomic E-state index is 0.244. The van der Waals surface area contributed by atoms with Crippen LogP contribution in [0.4, 0.5) is 0 Å². The Morgan fingerprint density at radius 2 is 1.94 bits per heavy atom. The number of esters is 1. The number of hydrogen-bond donors (Lipinski definition) is 1. The smallest absolute Gasteiger partial charge is 0.336 e. The molecule has 0 bridgehead atoms. The van der Waals surface area contributed by atoms with E-state index in [0.717, 1.165) is 16.3 Å². The fraction of sp³-hybridized carbons (Fsp3) is 0.133. The highest BCUT2D eigenvalue weighted by Crippen LogP contribution is 2.21. The lowest BCUT2D eigenvalue weighted by molar-refractivity contribution is -0.136. The molecule has 1 N–H and O–H groups in total. The molecule has 0 atom stereocenters. The first-order chi connectivity index (χ1) is 8.76. The van der Waals surface area contributed by atoms with Gasteiger partial charge >= 0.3 is 5.97 Å². The second kappa shape index (κ2) is 5.47. The molecule has 0 radical (unpaired) electrons. The lowest BCUT2D eigenvalue weighted by Gasteiger charge is -2.05. The van der Waals surface area contributed by atoms with Crippen LogP contribution in [0.2, 0.25) is 0 Å². The van der Waals surface area contributed by atoms with Crippen LogP contribution in [0.25, 0.3) is 16.8 Å². The average Bonchev–Trinajstić information content (AvgIpc) is 2.44. The van der Waals surface area contributed by atoms with Crippen LogP contribution in [-0.4, -0.2) is 24.8 Å². The summed E-state index contributed by atoms with van der Waals surface area (Å²) in [6.07, 6.45) is 1.66. The summed E-state index contributed by atoms with van der Waals surface area (Å²) >= 11 is 0. The number of carbonyl (C=O) groups is 1. The fourth-order valence-electron chi connectivity index (χ4n) is 1.86. The third-order valence-corrected chi connectivity index (χ3v) is 2.77. The van der Waals surface area contributed by atoms with E-state index in [2.05, 4.69) is 4.74 Å². The van der Waals surface area contributed by atoms with Crippen LogP contribution in [-0.2, 0) is 9.53 Å². The zero-order chi connectivity index (χ0) is 13.0. The van der Waals surface area contributed by atoms with Crippen molar-refractivity contribution in [3.05, 3.63) is 53.6 Å². The topological polar surface area (TPSA) is 46.5 Å². The molecule has 0 aromatic heterocycles. The Morgan fingerprint density at radius 3 is 2.67 bits per heavy atom. The maximum absolute atomic E-state index is 11.4. The van der Waals surface area contributed by atoms with Gasteiger partial charge in [0.2, 0.25) is 0 Å². The minimum Gasteiger partial charge on any atom is -0.466 e. The van der Waals surface area contributed by atoms with Crippen molar-refractivity contribution in [3.63, 3.8) is 0 Å². The van der Waals surface area contributed by atoms with Gasteiger partial charge in [-0.2, -0.15) is 0 Å². The van der Waals surface area contributed by atoms with Gasteiger partial charge in [0.15, 0.2) is 0 Å². The van der Waals surface area contributed by atoms with Gasteiger partial charge in [-0.3, -0.25) is 0 Å². The van der Waals surface area contributed by atoms with Crippen molar-refractivity contribution in [2.24, 2.45) is 0 Å². The van der Waals surface area contributed by atoms with Gasteiger partial charge in [0.25, 0.3) is 0 Å². The molecule has 2 rings (SSSR count). The Hall–Kier alpha value is -2.13. The third-order valence-electron chi connectivity index (χ3n) is 2.77. The lowest BCUT2D eigenvalue weighted by atomic mass is 10.0. The summed E-state index contributed by atoms with van der Waals surface area (Å²) in [7, 11) is 1.30. The zero-order valence-corrected chi connectivity index (χ0v) is 10.1. The van der Waals surface area contributed by atoms with Gasteiger partial charge in [0.05, 0.1) is 19.3 Å². The van der Waals surface area contributed by atoms with E-state index in [-0.39, 0.29) is 12.2 Å². The van der Waals surface area contributed by atoms with Gasteiger partial charge in [-0.25, -0.2) is 4.79 Å². The van der Waals surface area contributed by atoms with Crippen LogP contribution in [0, 0.1) is 0 Å². The van der Waals surface area contributed by atoms with E-state index in [0.29, 0.717) is 0 Å². The number of methoxy groups -OCH3 is 1. The second-order valence-corrected chi connectivity index (χ2v) is 3.89. The van der Waals surface area contributed by atoms with Crippen molar-refractivity contribution in [1.29, 1.82) is 0 Å². The molecule has 0 fully saturated rings. The second-order valence-electron chi connectivity index (χ2n) is 3.89. The summed E-state index contributed by atoms with van der Waals surface area (Å²) in [5.74, 6) is -0.509. The minimum atomic E-state index is -0.509. The molecule has 2 aromatic rings. The Balaban J connectivity index is 2.54. The maximum Gasteiger partial charge on any atom is 0.336 e. The quantitative estimate of drug-likeness (QED) is 0.664. The maximum atomic E-state index is 11.4. The van der Waals surface area contributed by atoms with E-state index >= 15 is 0 Å². The molecular formula is C15H14O3. The molecule has 0 saturated heterocycles. The van der Waals surface area contributed by atoms with Gasteiger partial charge in [-0.1, -0.05) is 42.5 Å². The van der Waals surface area contributed by atoms with Crippen molar-refractivity contribution in [2.75, 3.05) is 13.7 Å².